The van der Waals surface area contributed by atoms with E-state index in [1.54, 1.807) is 0 Å². The molecule has 0 bridgehead atoms. The van der Waals surface area contributed by atoms with Crippen LogP contribution in [0.4, 0.5) is 0 Å². The molecule has 4 heteroatoms. The maximum absolute atomic E-state index is 4.37. The minimum Gasteiger partial charge on any atom is -0.337 e. The third kappa shape index (κ3) is 4.10. The molecule has 1 aromatic rings. The number of aromatic nitrogens is 2. The van der Waals surface area contributed by atoms with Gasteiger partial charge in [-0.1, -0.05) is 0 Å². The Bertz CT molecular complexity index is 341. The molecule has 102 valence electrons. The third-order valence-corrected chi connectivity index (χ3v) is 3.94. The average molecular weight is 250 g/mol. The van der Waals surface area contributed by atoms with Crippen LogP contribution < -0.4 is 5.32 Å². The van der Waals surface area contributed by atoms with Gasteiger partial charge in [-0.05, 0) is 58.3 Å². The monoisotopic (exact) mass is 250 g/mol. The Morgan fingerprint density at radius 3 is 2.89 bits per heavy atom. The second kappa shape index (κ2) is 6.90. The molecule has 1 saturated heterocycles. The van der Waals surface area contributed by atoms with Gasteiger partial charge < -0.3 is 9.88 Å². The number of piperidine rings is 1. The maximum Gasteiger partial charge on any atom is 0.122 e. The summed E-state index contributed by atoms with van der Waals surface area (Å²) in [5, 5.41) is 3.43. The third-order valence-electron chi connectivity index (χ3n) is 3.94. The van der Waals surface area contributed by atoms with E-state index in [0.29, 0.717) is 0 Å². The first-order chi connectivity index (χ1) is 8.75. The van der Waals surface area contributed by atoms with E-state index >= 15 is 0 Å². The van der Waals surface area contributed by atoms with Gasteiger partial charge in [0, 0.05) is 19.4 Å². The Morgan fingerprint density at radius 1 is 1.44 bits per heavy atom. The predicted octanol–water partition coefficient (Wildman–Crippen LogP) is 1.63. The van der Waals surface area contributed by atoms with Gasteiger partial charge in [-0.2, -0.15) is 0 Å². The molecule has 2 rings (SSSR count). The van der Waals surface area contributed by atoms with Crippen molar-refractivity contribution in [2.75, 3.05) is 26.7 Å². The number of nitrogens with one attached hydrogen (secondary N) is 1. The quantitative estimate of drug-likeness (QED) is 0.833. The van der Waals surface area contributed by atoms with Crippen molar-refractivity contribution in [3.8, 4) is 0 Å². The van der Waals surface area contributed by atoms with E-state index in [0.717, 1.165) is 18.3 Å². The summed E-state index contributed by atoms with van der Waals surface area (Å²) >= 11 is 0. The van der Waals surface area contributed by atoms with Gasteiger partial charge in [0.1, 0.15) is 5.82 Å². The van der Waals surface area contributed by atoms with Crippen LogP contribution in [0.25, 0.3) is 0 Å². The zero-order valence-electron chi connectivity index (χ0n) is 11.7. The molecule has 0 radical (unpaired) electrons. The predicted molar refractivity (Wildman–Crippen MR) is 74.4 cm³/mol. The molecule has 0 atom stereocenters. The number of imidazole rings is 1. The van der Waals surface area contributed by atoms with Gasteiger partial charge in [0.2, 0.25) is 0 Å². The van der Waals surface area contributed by atoms with Crippen molar-refractivity contribution in [3.05, 3.63) is 18.2 Å². The van der Waals surface area contributed by atoms with Crippen molar-refractivity contribution in [1.82, 2.24) is 19.8 Å². The van der Waals surface area contributed by atoms with Crippen molar-refractivity contribution < 1.29 is 0 Å². The van der Waals surface area contributed by atoms with Gasteiger partial charge in [0.15, 0.2) is 0 Å². The second-order valence-electron chi connectivity index (χ2n) is 5.53. The molecule has 1 aliphatic heterocycles. The van der Waals surface area contributed by atoms with Crippen molar-refractivity contribution >= 4 is 0 Å². The van der Waals surface area contributed by atoms with E-state index in [1.807, 2.05) is 12.4 Å². The summed E-state index contributed by atoms with van der Waals surface area (Å²) in [6, 6.07) is 0. The molecule has 0 amide bonds. The van der Waals surface area contributed by atoms with Gasteiger partial charge in [-0.25, -0.2) is 4.98 Å². The lowest BCUT2D eigenvalue weighted by Gasteiger charge is -2.23. The highest BCUT2D eigenvalue weighted by Gasteiger charge is 2.12. The maximum atomic E-state index is 4.37. The molecule has 0 unspecified atom stereocenters. The Morgan fingerprint density at radius 2 is 2.22 bits per heavy atom. The molecule has 0 spiro atoms. The van der Waals surface area contributed by atoms with Crippen molar-refractivity contribution in [1.29, 1.82) is 0 Å². The van der Waals surface area contributed by atoms with E-state index < -0.39 is 0 Å². The van der Waals surface area contributed by atoms with Crippen LogP contribution in [0.3, 0.4) is 0 Å². The summed E-state index contributed by atoms with van der Waals surface area (Å²) in [7, 11) is 4.25. The minimum atomic E-state index is 0.952. The summed E-state index contributed by atoms with van der Waals surface area (Å²) in [5.41, 5.74) is 0. The first-order valence-corrected chi connectivity index (χ1v) is 7.11. The zero-order valence-corrected chi connectivity index (χ0v) is 11.7. The van der Waals surface area contributed by atoms with Crippen LogP contribution in [0, 0.1) is 5.92 Å². The van der Waals surface area contributed by atoms with Crippen LogP contribution in [0.2, 0.25) is 0 Å². The summed E-state index contributed by atoms with van der Waals surface area (Å²) < 4.78 is 2.10. The largest absolute Gasteiger partial charge is 0.337 e. The Kier molecular flexibility index (Phi) is 5.20. The van der Waals surface area contributed by atoms with Gasteiger partial charge in [-0.3, -0.25) is 4.90 Å². The van der Waals surface area contributed by atoms with Crippen LogP contribution in [-0.4, -0.2) is 41.1 Å². The first-order valence-electron chi connectivity index (χ1n) is 7.11. The Hall–Kier alpha value is -0.870. The molecule has 1 N–H and O–H groups in total. The molecule has 0 aromatic carbocycles. The molecule has 2 heterocycles. The zero-order chi connectivity index (χ0) is 12.8. The molecular weight excluding hydrogens is 224 g/mol. The standard InChI is InChI=1S/C14H26N4/c1-17(12-14-16-9-11-18(14)2)10-3-4-13-5-7-15-8-6-13/h9,11,13,15H,3-8,10,12H2,1-2H3. The Balaban J connectivity index is 1.62. The van der Waals surface area contributed by atoms with Crippen molar-refractivity contribution in [2.45, 2.75) is 32.2 Å². The first kappa shape index (κ1) is 13.6. The van der Waals surface area contributed by atoms with E-state index in [4.69, 9.17) is 0 Å². The molecule has 1 aliphatic rings. The van der Waals surface area contributed by atoms with E-state index in [1.165, 1.54) is 45.3 Å². The number of hydrogen-bond acceptors (Lipinski definition) is 3. The molecule has 1 fully saturated rings. The smallest absolute Gasteiger partial charge is 0.122 e. The lowest BCUT2D eigenvalue weighted by molar-refractivity contribution is 0.279. The summed E-state index contributed by atoms with van der Waals surface area (Å²) in [6.07, 6.45) is 9.31. The van der Waals surface area contributed by atoms with Gasteiger partial charge in [-0.15, -0.1) is 0 Å². The summed E-state index contributed by atoms with van der Waals surface area (Å²) in [5.74, 6) is 2.10. The van der Waals surface area contributed by atoms with Crippen LogP contribution in [0.5, 0.6) is 0 Å². The fourth-order valence-corrected chi connectivity index (χ4v) is 2.69. The van der Waals surface area contributed by atoms with E-state index in [9.17, 15) is 0 Å². The van der Waals surface area contributed by atoms with Gasteiger partial charge in [0.25, 0.3) is 0 Å². The highest BCUT2D eigenvalue weighted by atomic mass is 15.1. The molecular formula is C14H26N4. The fourth-order valence-electron chi connectivity index (χ4n) is 2.69. The lowest BCUT2D eigenvalue weighted by Crippen LogP contribution is -2.28. The number of aryl methyl sites for hydroxylation is 1. The van der Waals surface area contributed by atoms with Crippen LogP contribution in [-0.2, 0) is 13.6 Å². The molecule has 0 aliphatic carbocycles. The Labute approximate surface area is 110 Å². The minimum absolute atomic E-state index is 0.952. The van der Waals surface area contributed by atoms with Gasteiger partial charge >= 0.3 is 0 Å². The van der Waals surface area contributed by atoms with E-state index in [2.05, 4.69) is 33.9 Å². The van der Waals surface area contributed by atoms with Crippen molar-refractivity contribution in [2.24, 2.45) is 13.0 Å². The van der Waals surface area contributed by atoms with Gasteiger partial charge in [0.05, 0.1) is 6.54 Å². The van der Waals surface area contributed by atoms with Crippen LogP contribution >= 0.6 is 0 Å². The van der Waals surface area contributed by atoms with Crippen molar-refractivity contribution in [3.63, 3.8) is 0 Å². The normalized spacial score (nSPS) is 17.5. The average Bonchev–Trinajstić information content (AvgIpc) is 2.76. The van der Waals surface area contributed by atoms with Crippen LogP contribution in [0.1, 0.15) is 31.5 Å². The topological polar surface area (TPSA) is 33.1 Å². The molecule has 18 heavy (non-hydrogen) atoms. The number of hydrogen-bond donors (Lipinski definition) is 1. The second-order valence-corrected chi connectivity index (χ2v) is 5.53. The van der Waals surface area contributed by atoms with E-state index in [-0.39, 0.29) is 0 Å². The molecule has 0 saturated carbocycles. The molecule has 1 aromatic heterocycles. The van der Waals surface area contributed by atoms with Crippen LogP contribution in [0.15, 0.2) is 12.4 Å². The molecule has 4 nitrogen and oxygen atoms in total. The summed E-state index contributed by atoms with van der Waals surface area (Å²) in [4.78, 5) is 6.75. The highest BCUT2D eigenvalue weighted by Crippen LogP contribution is 2.17. The highest BCUT2D eigenvalue weighted by molar-refractivity contribution is 4.90. The lowest BCUT2D eigenvalue weighted by atomic mass is 9.93. The number of nitrogens with zero attached hydrogens (tertiary/aromatic N) is 3. The SMILES string of the molecule is CN(CCCC1CCNCC1)Cc1nccn1C. The fraction of sp³-hybridized carbons (Fsp3) is 0.786. The number of rotatable bonds is 6. The summed E-state index contributed by atoms with van der Waals surface area (Å²) in [6.45, 7) is 4.56.